The Labute approximate surface area is 154 Å². The van der Waals surface area contributed by atoms with Crippen LogP contribution >= 0.6 is 24.0 Å². The Morgan fingerprint density at radius 1 is 1.05 bits per heavy atom. The number of rotatable bonds is 10. The molecule has 0 spiro atoms. The highest BCUT2D eigenvalue weighted by Gasteiger charge is 2.12. The second-order valence-corrected chi connectivity index (χ2v) is 5.88. The molecule has 22 heavy (non-hydrogen) atoms. The van der Waals surface area contributed by atoms with Crippen molar-refractivity contribution < 1.29 is 4.74 Å². The fourth-order valence-electron chi connectivity index (χ4n) is 2.66. The average Bonchev–Trinajstić information content (AvgIpc) is 2.52. The van der Waals surface area contributed by atoms with Gasteiger partial charge in [0.1, 0.15) is 0 Å². The summed E-state index contributed by atoms with van der Waals surface area (Å²) >= 11 is 0. The number of unbranched alkanes of at least 4 members (excludes halogenated alkanes) is 2. The minimum Gasteiger partial charge on any atom is -0.378 e. The van der Waals surface area contributed by atoms with Gasteiger partial charge in [-0.05, 0) is 45.4 Å². The van der Waals surface area contributed by atoms with Gasteiger partial charge in [0.2, 0.25) is 0 Å². The number of halogens is 1. The first-order valence-corrected chi connectivity index (χ1v) is 9.00. The lowest BCUT2D eigenvalue weighted by molar-refractivity contribution is 0.0264. The van der Waals surface area contributed by atoms with Crippen molar-refractivity contribution in [2.75, 3.05) is 26.2 Å². The van der Waals surface area contributed by atoms with Crippen molar-refractivity contribution in [3.8, 4) is 0 Å². The first-order valence-electron chi connectivity index (χ1n) is 9.00. The third-order valence-electron chi connectivity index (χ3n) is 3.86. The molecule has 1 rings (SSSR count). The molecule has 0 amide bonds. The van der Waals surface area contributed by atoms with E-state index < -0.39 is 0 Å². The fourth-order valence-corrected chi connectivity index (χ4v) is 2.66. The predicted molar refractivity (Wildman–Crippen MR) is 106 cm³/mol. The zero-order valence-corrected chi connectivity index (χ0v) is 16.9. The van der Waals surface area contributed by atoms with Crippen molar-refractivity contribution >= 4 is 29.9 Å². The van der Waals surface area contributed by atoms with E-state index in [2.05, 4.69) is 29.5 Å². The number of nitrogens with one attached hydrogen (secondary N) is 2. The van der Waals surface area contributed by atoms with Gasteiger partial charge in [0.25, 0.3) is 0 Å². The molecule has 0 bridgehead atoms. The molecular formula is C17H36IN3O. The van der Waals surface area contributed by atoms with Crippen molar-refractivity contribution in [1.82, 2.24) is 10.6 Å². The van der Waals surface area contributed by atoms with Crippen LogP contribution < -0.4 is 10.6 Å². The lowest BCUT2D eigenvalue weighted by Gasteiger charge is -2.21. The molecule has 0 radical (unpaired) electrons. The second-order valence-electron chi connectivity index (χ2n) is 5.88. The first kappa shape index (κ1) is 22.0. The maximum absolute atomic E-state index is 5.95. The van der Waals surface area contributed by atoms with Gasteiger partial charge < -0.3 is 15.4 Å². The van der Waals surface area contributed by atoms with Crippen LogP contribution in [-0.4, -0.2) is 38.3 Å². The van der Waals surface area contributed by atoms with Crippen LogP contribution in [0.25, 0.3) is 0 Å². The molecule has 1 aliphatic rings. The molecule has 0 unspecified atom stereocenters. The van der Waals surface area contributed by atoms with E-state index >= 15 is 0 Å². The van der Waals surface area contributed by atoms with Crippen molar-refractivity contribution in [1.29, 1.82) is 0 Å². The summed E-state index contributed by atoms with van der Waals surface area (Å²) in [6, 6.07) is 0. The van der Waals surface area contributed by atoms with E-state index in [4.69, 9.17) is 4.74 Å². The van der Waals surface area contributed by atoms with Gasteiger partial charge in [-0.2, -0.15) is 0 Å². The summed E-state index contributed by atoms with van der Waals surface area (Å²) in [6.07, 6.45) is 11.9. The molecule has 0 aromatic rings. The molecule has 0 atom stereocenters. The van der Waals surface area contributed by atoms with E-state index in [1.165, 1.54) is 51.4 Å². The molecule has 132 valence electrons. The minimum absolute atomic E-state index is 0. The largest absolute Gasteiger partial charge is 0.378 e. The average molecular weight is 425 g/mol. The van der Waals surface area contributed by atoms with Crippen LogP contribution in [0.1, 0.15) is 71.6 Å². The molecule has 0 aromatic carbocycles. The van der Waals surface area contributed by atoms with E-state index in [1.807, 2.05) is 0 Å². The summed E-state index contributed by atoms with van der Waals surface area (Å²) in [7, 11) is 0. The van der Waals surface area contributed by atoms with E-state index in [0.717, 1.165) is 38.6 Å². The predicted octanol–water partition coefficient (Wildman–Crippen LogP) is 4.09. The summed E-state index contributed by atoms with van der Waals surface area (Å²) in [6.45, 7) is 8.01. The number of hydrogen-bond donors (Lipinski definition) is 2. The Morgan fingerprint density at radius 2 is 1.82 bits per heavy atom. The Balaban J connectivity index is 0.00000441. The summed E-state index contributed by atoms with van der Waals surface area (Å²) in [4.78, 5) is 4.50. The molecule has 1 saturated carbocycles. The monoisotopic (exact) mass is 425 g/mol. The van der Waals surface area contributed by atoms with E-state index in [9.17, 15) is 0 Å². The van der Waals surface area contributed by atoms with Crippen molar-refractivity contribution in [3.05, 3.63) is 0 Å². The van der Waals surface area contributed by atoms with Crippen LogP contribution in [0.3, 0.4) is 0 Å². The number of hydrogen-bond acceptors (Lipinski definition) is 2. The zero-order valence-electron chi connectivity index (χ0n) is 14.5. The summed E-state index contributed by atoms with van der Waals surface area (Å²) in [5, 5.41) is 6.67. The normalized spacial score (nSPS) is 16.2. The molecule has 1 fully saturated rings. The van der Waals surface area contributed by atoms with Gasteiger partial charge in [0.05, 0.1) is 6.10 Å². The van der Waals surface area contributed by atoms with Crippen molar-refractivity contribution in [2.24, 2.45) is 4.99 Å². The summed E-state index contributed by atoms with van der Waals surface area (Å²) < 4.78 is 5.95. The van der Waals surface area contributed by atoms with Crippen molar-refractivity contribution in [2.45, 2.75) is 77.7 Å². The number of nitrogens with zero attached hydrogens (tertiary/aromatic N) is 1. The standard InChI is InChI=1S/C17H35N3O.HI/c1-3-13-19-17(18-4-2)20-14-9-6-10-15-21-16-11-7-5-8-12-16;/h16H,3-15H2,1-2H3,(H2,18,19,20);1H. The maximum Gasteiger partial charge on any atom is 0.191 e. The highest BCUT2D eigenvalue weighted by molar-refractivity contribution is 14.0. The number of aliphatic imine (C=N–C) groups is 1. The van der Waals surface area contributed by atoms with Crippen LogP contribution in [0.5, 0.6) is 0 Å². The Kier molecular flexibility index (Phi) is 15.8. The first-order chi connectivity index (χ1) is 10.4. The molecule has 0 saturated heterocycles. The molecular weight excluding hydrogens is 389 g/mol. The third-order valence-corrected chi connectivity index (χ3v) is 3.86. The fraction of sp³-hybridized carbons (Fsp3) is 0.941. The number of guanidine groups is 1. The molecule has 2 N–H and O–H groups in total. The molecule has 0 aromatic heterocycles. The quantitative estimate of drug-likeness (QED) is 0.240. The summed E-state index contributed by atoms with van der Waals surface area (Å²) in [5.41, 5.74) is 0. The Hall–Kier alpha value is -0.0400. The SMILES string of the molecule is CCCN=C(NCC)NCCCCCOC1CCCCC1.I. The van der Waals surface area contributed by atoms with Crippen LogP contribution in [0.15, 0.2) is 4.99 Å². The van der Waals surface area contributed by atoms with Gasteiger partial charge in [-0.25, -0.2) is 0 Å². The molecule has 0 aliphatic heterocycles. The van der Waals surface area contributed by atoms with Gasteiger partial charge in [0.15, 0.2) is 5.96 Å². The zero-order chi connectivity index (χ0) is 15.2. The van der Waals surface area contributed by atoms with Gasteiger partial charge in [-0.3, -0.25) is 4.99 Å². The van der Waals surface area contributed by atoms with Crippen LogP contribution in [-0.2, 0) is 4.74 Å². The van der Waals surface area contributed by atoms with Crippen LogP contribution in [0.4, 0.5) is 0 Å². The van der Waals surface area contributed by atoms with Crippen molar-refractivity contribution in [3.63, 3.8) is 0 Å². The highest BCUT2D eigenvalue weighted by Crippen LogP contribution is 2.20. The Morgan fingerprint density at radius 3 is 2.50 bits per heavy atom. The van der Waals surface area contributed by atoms with Gasteiger partial charge in [-0.1, -0.05) is 26.2 Å². The number of ether oxygens (including phenoxy) is 1. The summed E-state index contributed by atoms with van der Waals surface area (Å²) in [5.74, 6) is 0.956. The minimum atomic E-state index is 0. The smallest absolute Gasteiger partial charge is 0.191 e. The third kappa shape index (κ3) is 11.5. The molecule has 5 heteroatoms. The molecule has 0 heterocycles. The molecule has 1 aliphatic carbocycles. The van der Waals surface area contributed by atoms with Gasteiger partial charge in [-0.15, -0.1) is 24.0 Å². The van der Waals surface area contributed by atoms with Gasteiger partial charge >= 0.3 is 0 Å². The Bertz CT molecular complexity index is 269. The maximum atomic E-state index is 5.95. The highest BCUT2D eigenvalue weighted by atomic mass is 127. The second kappa shape index (κ2) is 15.8. The van der Waals surface area contributed by atoms with Gasteiger partial charge in [0, 0.05) is 26.2 Å². The van der Waals surface area contributed by atoms with E-state index in [-0.39, 0.29) is 24.0 Å². The van der Waals surface area contributed by atoms with Crippen LogP contribution in [0.2, 0.25) is 0 Å². The van der Waals surface area contributed by atoms with E-state index in [0.29, 0.717) is 6.10 Å². The lowest BCUT2D eigenvalue weighted by atomic mass is 9.98. The lowest BCUT2D eigenvalue weighted by Crippen LogP contribution is -2.37. The topological polar surface area (TPSA) is 45.7 Å². The van der Waals surface area contributed by atoms with Crippen LogP contribution in [0, 0.1) is 0 Å². The van der Waals surface area contributed by atoms with E-state index in [1.54, 1.807) is 0 Å². The molecule has 4 nitrogen and oxygen atoms in total.